The van der Waals surface area contributed by atoms with Gasteiger partial charge >= 0.3 is 6.03 Å². The number of hydrogen-bond acceptors (Lipinski definition) is 4. The molecule has 1 aromatic heterocycles. The normalized spacial score (nSPS) is 21.1. The number of nitriles is 1. The molecule has 1 aromatic rings. The van der Waals surface area contributed by atoms with Gasteiger partial charge in [0.25, 0.3) is 5.91 Å². The number of nitrogens with zero attached hydrogens (tertiary/aromatic N) is 4. The van der Waals surface area contributed by atoms with Gasteiger partial charge in [-0.25, -0.2) is 9.78 Å². The van der Waals surface area contributed by atoms with Crippen molar-refractivity contribution in [1.82, 2.24) is 20.1 Å². The van der Waals surface area contributed by atoms with Gasteiger partial charge in [-0.05, 0) is 12.1 Å². The lowest BCUT2D eigenvalue weighted by molar-refractivity contribution is 0.0611. The highest BCUT2D eigenvalue weighted by molar-refractivity contribution is 5.92. The largest absolute Gasteiger partial charge is 0.336 e. The third kappa shape index (κ3) is 2.05. The van der Waals surface area contributed by atoms with Crippen molar-refractivity contribution in [3.63, 3.8) is 0 Å². The molecule has 0 aromatic carbocycles. The van der Waals surface area contributed by atoms with E-state index in [2.05, 4.69) is 10.3 Å². The third-order valence-corrected chi connectivity index (χ3v) is 3.63. The van der Waals surface area contributed by atoms with Crippen LogP contribution in [-0.2, 0) is 0 Å². The predicted octanol–water partition coefficient (Wildman–Crippen LogP) is -0.197. The van der Waals surface area contributed by atoms with E-state index in [-0.39, 0.29) is 18.0 Å². The maximum absolute atomic E-state index is 12.3. The van der Waals surface area contributed by atoms with E-state index in [0.29, 0.717) is 37.4 Å². The van der Waals surface area contributed by atoms with Gasteiger partial charge in [0.15, 0.2) is 0 Å². The highest BCUT2D eigenvalue weighted by Gasteiger charge is 2.37. The molecular weight excluding hydrogens is 258 g/mol. The highest BCUT2D eigenvalue weighted by atomic mass is 16.2. The van der Waals surface area contributed by atoms with Crippen LogP contribution in [-0.4, -0.2) is 58.9 Å². The van der Waals surface area contributed by atoms with Crippen LogP contribution >= 0.6 is 0 Å². The number of amides is 3. The molecule has 1 N–H and O–H groups in total. The molecule has 2 aliphatic rings. The average molecular weight is 271 g/mol. The van der Waals surface area contributed by atoms with Crippen molar-refractivity contribution in [2.75, 3.05) is 26.2 Å². The molecule has 2 aliphatic heterocycles. The average Bonchev–Trinajstić information content (AvgIpc) is 2.87. The molecule has 1 atom stereocenters. The van der Waals surface area contributed by atoms with Crippen LogP contribution in [0.5, 0.6) is 0 Å². The maximum atomic E-state index is 12.3. The van der Waals surface area contributed by atoms with Crippen LogP contribution in [0.1, 0.15) is 16.1 Å². The summed E-state index contributed by atoms with van der Waals surface area (Å²) in [6, 6.07) is 5.09. The van der Waals surface area contributed by atoms with E-state index in [1.165, 1.54) is 6.20 Å². The van der Waals surface area contributed by atoms with Crippen LogP contribution < -0.4 is 5.32 Å². The van der Waals surface area contributed by atoms with E-state index in [1.807, 2.05) is 6.07 Å². The smallest absolute Gasteiger partial charge is 0.317 e. The first-order valence-corrected chi connectivity index (χ1v) is 6.39. The summed E-state index contributed by atoms with van der Waals surface area (Å²) in [4.78, 5) is 31.3. The van der Waals surface area contributed by atoms with Gasteiger partial charge in [-0.15, -0.1) is 0 Å². The Morgan fingerprint density at radius 1 is 1.45 bits per heavy atom. The SMILES string of the molecule is N#Cc1ccc(C(=O)N2CCN3C(=O)NCC3C2)nc1. The molecule has 2 saturated heterocycles. The zero-order valence-electron chi connectivity index (χ0n) is 10.7. The van der Waals surface area contributed by atoms with Gasteiger partial charge in [-0.2, -0.15) is 5.26 Å². The highest BCUT2D eigenvalue weighted by Crippen LogP contribution is 2.16. The summed E-state index contributed by atoms with van der Waals surface area (Å²) in [7, 11) is 0. The van der Waals surface area contributed by atoms with E-state index >= 15 is 0 Å². The summed E-state index contributed by atoms with van der Waals surface area (Å²) in [5.41, 5.74) is 0.756. The standard InChI is InChI=1S/C13H13N5O2/c14-5-9-1-2-11(15-6-9)12(19)17-3-4-18-10(8-17)7-16-13(18)20/h1-2,6,10H,3-4,7-8H2,(H,16,20). The quantitative estimate of drug-likeness (QED) is 0.766. The Bertz CT molecular complexity index is 592. The first kappa shape index (κ1) is 12.4. The van der Waals surface area contributed by atoms with Crippen LogP contribution in [0.3, 0.4) is 0 Å². The van der Waals surface area contributed by atoms with Gasteiger partial charge in [0.1, 0.15) is 11.8 Å². The topological polar surface area (TPSA) is 89.3 Å². The van der Waals surface area contributed by atoms with E-state index in [1.54, 1.807) is 21.9 Å². The van der Waals surface area contributed by atoms with E-state index < -0.39 is 0 Å². The van der Waals surface area contributed by atoms with Gasteiger partial charge in [0, 0.05) is 32.4 Å². The zero-order chi connectivity index (χ0) is 14.1. The first-order valence-electron chi connectivity index (χ1n) is 6.39. The van der Waals surface area contributed by atoms with Crippen molar-refractivity contribution in [3.05, 3.63) is 29.6 Å². The molecular formula is C13H13N5O2. The third-order valence-electron chi connectivity index (χ3n) is 3.63. The Kier molecular flexibility index (Phi) is 2.99. The van der Waals surface area contributed by atoms with Crippen LogP contribution in [0.25, 0.3) is 0 Å². The minimum atomic E-state index is -0.159. The molecule has 7 heteroatoms. The fraction of sp³-hybridized carbons (Fsp3) is 0.385. The number of carbonyl (C=O) groups is 2. The second-order valence-corrected chi connectivity index (χ2v) is 4.83. The molecule has 3 amide bonds. The van der Waals surface area contributed by atoms with Crippen molar-refractivity contribution in [3.8, 4) is 6.07 Å². The molecule has 0 aliphatic carbocycles. The summed E-state index contributed by atoms with van der Waals surface area (Å²) in [5, 5.41) is 11.5. The molecule has 3 heterocycles. The number of hydrogen-bond donors (Lipinski definition) is 1. The lowest BCUT2D eigenvalue weighted by Gasteiger charge is -2.36. The zero-order valence-corrected chi connectivity index (χ0v) is 10.7. The van der Waals surface area contributed by atoms with Gasteiger partial charge in [-0.3, -0.25) is 4.79 Å². The van der Waals surface area contributed by atoms with Crippen LogP contribution in [0.4, 0.5) is 4.79 Å². The molecule has 1 unspecified atom stereocenters. The second-order valence-electron chi connectivity index (χ2n) is 4.83. The van der Waals surface area contributed by atoms with E-state index in [9.17, 15) is 9.59 Å². The van der Waals surface area contributed by atoms with Crippen LogP contribution in [0.15, 0.2) is 18.3 Å². The predicted molar refractivity (Wildman–Crippen MR) is 68.7 cm³/mol. The number of aromatic nitrogens is 1. The molecule has 0 saturated carbocycles. The molecule has 7 nitrogen and oxygen atoms in total. The minimum Gasteiger partial charge on any atom is -0.336 e. The van der Waals surface area contributed by atoms with Gasteiger partial charge < -0.3 is 15.1 Å². The number of pyridine rings is 1. The second kappa shape index (κ2) is 4.81. The van der Waals surface area contributed by atoms with Gasteiger partial charge in [0.05, 0.1) is 11.6 Å². The number of carbonyl (C=O) groups excluding carboxylic acids is 2. The van der Waals surface area contributed by atoms with Crippen molar-refractivity contribution in [2.45, 2.75) is 6.04 Å². The van der Waals surface area contributed by atoms with Gasteiger partial charge in [0.2, 0.25) is 0 Å². The lowest BCUT2D eigenvalue weighted by atomic mass is 10.1. The molecule has 2 fully saturated rings. The summed E-state index contributed by atoms with van der Waals surface area (Å²) < 4.78 is 0. The fourth-order valence-corrected chi connectivity index (χ4v) is 2.54. The lowest BCUT2D eigenvalue weighted by Crippen LogP contribution is -2.53. The number of piperazine rings is 1. The Morgan fingerprint density at radius 3 is 3.00 bits per heavy atom. The summed E-state index contributed by atoms with van der Waals surface area (Å²) in [6.07, 6.45) is 1.39. The van der Waals surface area contributed by atoms with Gasteiger partial charge in [-0.1, -0.05) is 0 Å². The van der Waals surface area contributed by atoms with Crippen molar-refractivity contribution >= 4 is 11.9 Å². The minimum absolute atomic E-state index is 0.0404. The number of nitrogens with one attached hydrogen (secondary N) is 1. The van der Waals surface area contributed by atoms with E-state index in [0.717, 1.165) is 0 Å². The Balaban J connectivity index is 1.72. The Morgan fingerprint density at radius 2 is 2.30 bits per heavy atom. The van der Waals surface area contributed by atoms with Crippen molar-refractivity contribution < 1.29 is 9.59 Å². The molecule has 0 spiro atoms. The fourth-order valence-electron chi connectivity index (χ4n) is 2.54. The van der Waals surface area contributed by atoms with E-state index in [4.69, 9.17) is 5.26 Å². The molecule has 0 bridgehead atoms. The maximum Gasteiger partial charge on any atom is 0.317 e. The number of urea groups is 1. The van der Waals surface area contributed by atoms with Crippen LogP contribution in [0, 0.1) is 11.3 Å². The summed E-state index contributed by atoms with van der Waals surface area (Å²) >= 11 is 0. The molecule has 3 rings (SSSR count). The number of fused-ring (bicyclic) bond motifs is 1. The number of rotatable bonds is 1. The van der Waals surface area contributed by atoms with Crippen molar-refractivity contribution in [2.24, 2.45) is 0 Å². The summed E-state index contributed by atoms with van der Waals surface area (Å²) in [5.74, 6) is -0.159. The molecule has 20 heavy (non-hydrogen) atoms. The molecule has 102 valence electrons. The van der Waals surface area contributed by atoms with Crippen molar-refractivity contribution in [1.29, 1.82) is 5.26 Å². The Labute approximate surface area is 115 Å². The van der Waals surface area contributed by atoms with Crippen LogP contribution in [0.2, 0.25) is 0 Å². The first-order chi connectivity index (χ1) is 9.69. The Hall–Kier alpha value is -2.62. The monoisotopic (exact) mass is 271 g/mol. The molecule has 0 radical (unpaired) electrons. The summed E-state index contributed by atoms with van der Waals surface area (Å²) in [6.45, 7) is 2.13.